The van der Waals surface area contributed by atoms with E-state index in [2.05, 4.69) is 11.9 Å². The van der Waals surface area contributed by atoms with Crippen LogP contribution in [-0.2, 0) is 19.1 Å². The van der Waals surface area contributed by atoms with E-state index in [1.165, 1.54) is 18.6 Å². The minimum atomic E-state index is -2.44. The molecule has 1 aliphatic carbocycles. The van der Waals surface area contributed by atoms with Crippen molar-refractivity contribution in [1.82, 2.24) is 5.32 Å². The second-order valence-corrected chi connectivity index (χ2v) is 8.29. The number of carboxylic acids is 1. The van der Waals surface area contributed by atoms with E-state index < -0.39 is 61.1 Å². The standard InChI is InChI=1S/C22H33NO9/c1-12-6-4-5-7-15(12)9-8-13(2)31-22(21(29)30)10-16(26)18(23-14(3)25)20(32-22)19(28)17(27)11-24/h8-9,16-20,24,26-28H,2,4-7,10-11H2,1,3H3,(H,23,25)(H,29,30)/b9-8+. The Labute approximate surface area is 186 Å². The molecule has 6 N–H and O–H groups in total. The molecule has 0 radical (unpaired) electrons. The average molecular weight is 456 g/mol. The number of allylic oxidation sites excluding steroid dienone is 4. The largest absolute Gasteiger partial charge is 0.476 e. The fourth-order valence-electron chi connectivity index (χ4n) is 3.98. The Morgan fingerprint density at radius 3 is 2.56 bits per heavy atom. The summed E-state index contributed by atoms with van der Waals surface area (Å²) in [5.41, 5.74) is 2.34. The summed E-state index contributed by atoms with van der Waals surface area (Å²) in [6, 6.07) is -1.25. The number of aliphatic carboxylic acids is 1. The van der Waals surface area contributed by atoms with Crippen LogP contribution < -0.4 is 5.32 Å². The minimum absolute atomic E-state index is 0.0422. The van der Waals surface area contributed by atoms with Gasteiger partial charge in [-0.2, -0.15) is 0 Å². The molecule has 1 amide bonds. The van der Waals surface area contributed by atoms with Gasteiger partial charge >= 0.3 is 11.8 Å². The highest BCUT2D eigenvalue weighted by molar-refractivity contribution is 5.77. The highest BCUT2D eigenvalue weighted by Gasteiger charge is 2.56. The van der Waals surface area contributed by atoms with E-state index in [9.17, 15) is 35.1 Å². The van der Waals surface area contributed by atoms with Crippen LogP contribution in [0.25, 0.3) is 0 Å². The molecular formula is C22H33NO9. The zero-order valence-electron chi connectivity index (χ0n) is 18.4. The Hall–Kier alpha value is -2.24. The number of ether oxygens (including phenoxy) is 2. The van der Waals surface area contributed by atoms with Gasteiger partial charge in [-0.1, -0.05) is 18.2 Å². The number of nitrogens with one attached hydrogen (secondary N) is 1. The maximum atomic E-state index is 12.1. The van der Waals surface area contributed by atoms with Crippen molar-refractivity contribution in [2.45, 2.75) is 82.2 Å². The highest BCUT2D eigenvalue weighted by atomic mass is 16.7. The molecule has 0 aromatic rings. The number of hydrogen-bond donors (Lipinski definition) is 6. The van der Waals surface area contributed by atoms with E-state index in [0.717, 1.165) is 31.3 Å². The monoisotopic (exact) mass is 455 g/mol. The number of aliphatic hydroxyl groups excluding tert-OH is 4. The molecule has 6 unspecified atom stereocenters. The van der Waals surface area contributed by atoms with Crippen molar-refractivity contribution in [2.24, 2.45) is 0 Å². The van der Waals surface area contributed by atoms with Gasteiger partial charge in [0.2, 0.25) is 5.91 Å². The predicted octanol–water partition coefficient (Wildman–Crippen LogP) is 0.113. The molecule has 180 valence electrons. The van der Waals surface area contributed by atoms with Gasteiger partial charge in [0.05, 0.1) is 25.2 Å². The second-order valence-electron chi connectivity index (χ2n) is 8.29. The van der Waals surface area contributed by atoms with Gasteiger partial charge in [-0.25, -0.2) is 4.79 Å². The number of carboxylic acid groups (broad SMARTS) is 1. The molecule has 1 aliphatic heterocycles. The summed E-state index contributed by atoms with van der Waals surface area (Å²) < 4.78 is 11.1. The Morgan fingerprint density at radius 1 is 1.34 bits per heavy atom. The van der Waals surface area contributed by atoms with Gasteiger partial charge in [0.1, 0.15) is 24.1 Å². The van der Waals surface area contributed by atoms with Crippen LogP contribution in [0, 0.1) is 0 Å². The zero-order chi connectivity index (χ0) is 24.1. The maximum absolute atomic E-state index is 12.1. The topological polar surface area (TPSA) is 166 Å². The maximum Gasteiger partial charge on any atom is 0.377 e. The van der Waals surface area contributed by atoms with E-state index >= 15 is 0 Å². The second kappa shape index (κ2) is 11.1. The average Bonchev–Trinajstić information content (AvgIpc) is 2.73. The number of amides is 1. The molecule has 1 saturated heterocycles. The van der Waals surface area contributed by atoms with Gasteiger partial charge < -0.3 is 40.3 Å². The number of hydrogen-bond acceptors (Lipinski definition) is 8. The third-order valence-corrected chi connectivity index (χ3v) is 5.75. The summed E-state index contributed by atoms with van der Waals surface area (Å²) in [6.45, 7) is 6.07. The number of aliphatic hydroxyl groups is 4. The zero-order valence-corrected chi connectivity index (χ0v) is 18.4. The molecule has 0 aromatic carbocycles. The van der Waals surface area contributed by atoms with Crippen LogP contribution in [0.3, 0.4) is 0 Å². The number of carbonyl (C=O) groups excluding carboxylic acids is 1. The third-order valence-electron chi connectivity index (χ3n) is 5.75. The fourth-order valence-corrected chi connectivity index (χ4v) is 3.98. The van der Waals surface area contributed by atoms with Crippen LogP contribution in [0.15, 0.2) is 35.6 Å². The predicted molar refractivity (Wildman–Crippen MR) is 113 cm³/mol. The van der Waals surface area contributed by atoms with Crippen LogP contribution >= 0.6 is 0 Å². The third kappa shape index (κ3) is 6.17. The van der Waals surface area contributed by atoms with Gasteiger partial charge in [-0.3, -0.25) is 4.79 Å². The lowest BCUT2D eigenvalue weighted by Crippen LogP contribution is -2.67. The normalized spacial score (nSPS) is 30.6. The Bertz CT molecular complexity index is 777. The van der Waals surface area contributed by atoms with Crippen molar-refractivity contribution in [2.75, 3.05) is 6.61 Å². The van der Waals surface area contributed by atoms with E-state index in [1.807, 2.05) is 6.92 Å². The van der Waals surface area contributed by atoms with Crippen LogP contribution in [0.2, 0.25) is 0 Å². The highest BCUT2D eigenvalue weighted by Crippen LogP contribution is 2.35. The molecule has 6 atom stereocenters. The van der Waals surface area contributed by atoms with E-state index in [1.54, 1.807) is 6.08 Å². The lowest BCUT2D eigenvalue weighted by Gasteiger charge is -2.46. The van der Waals surface area contributed by atoms with Crippen molar-refractivity contribution >= 4 is 11.9 Å². The summed E-state index contributed by atoms with van der Waals surface area (Å²) >= 11 is 0. The number of rotatable bonds is 9. The smallest absolute Gasteiger partial charge is 0.377 e. The molecular weight excluding hydrogens is 422 g/mol. The molecule has 32 heavy (non-hydrogen) atoms. The summed E-state index contributed by atoms with van der Waals surface area (Å²) in [4.78, 5) is 23.7. The van der Waals surface area contributed by atoms with Crippen molar-refractivity contribution < 1.29 is 44.6 Å². The summed E-state index contributed by atoms with van der Waals surface area (Å²) in [6.07, 6.45) is 0.135. The SMILES string of the molecule is C=C(/C=C/C1=C(C)CCCC1)OC1(C(=O)O)CC(O)C(NC(C)=O)C(C(O)C(O)CO)O1. The molecule has 2 aliphatic rings. The Morgan fingerprint density at radius 2 is 2.00 bits per heavy atom. The van der Waals surface area contributed by atoms with Gasteiger partial charge in [-0.15, -0.1) is 0 Å². The van der Waals surface area contributed by atoms with Crippen LogP contribution in [-0.4, -0.2) is 80.3 Å². The molecule has 2 rings (SSSR count). The Kier molecular flexibility index (Phi) is 8.99. The summed E-state index contributed by atoms with van der Waals surface area (Å²) in [7, 11) is 0. The first kappa shape index (κ1) is 26.0. The Balaban J connectivity index is 2.29. The van der Waals surface area contributed by atoms with Crippen molar-refractivity contribution in [1.29, 1.82) is 0 Å². The molecule has 1 fully saturated rings. The quantitative estimate of drug-likeness (QED) is 0.209. The molecule has 1 heterocycles. The first-order valence-corrected chi connectivity index (χ1v) is 10.6. The van der Waals surface area contributed by atoms with E-state index in [0.29, 0.717) is 0 Å². The van der Waals surface area contributed by atoms with Crippen molar-refractivity contribution in [3.63, 3.8) is 0 Å². The summed E-state index contributed by atoms with van der Waals surface area (Å²) in [5, 5.41) is 52.3. The molecule has 0 saturated carbocycles. The fraction of sp³-hybridized carbons (Fsp3) is 0.636. The van der Waals surface area contributed by atoms with Gasteiger partial charge in [0.25, 0.3) is 0 Å². The van der Waals surface area contributed by atoms with Crippen LogP contribution in [0.5, 0.6) is 0 Å². The summed E-state index contributed by atoms with van der Waals surface area (Å²) in [5.74, 6) is -4.64. The lowest BCUT2D eigenvalue weighted by atomic mass is 9.88. The van der Waals surface area contributed by atoms with Gasteiger partial charge in [-0.05, 0) is 44.3 Å². The van der Waals surface area contributed by atoms with E-state index in [4.69, 9.17) is 9.47 Å². The van der Waals surface area contributed by atoms with E-state index in [-0.39, 0.29) is 5.76 Å². The van der Waals surface area contributed by atoms with Crippen LogP contribution in [0.4, 0.5) is 0 Å². The molecule has 10 nitrogen and oxygen atoms in total. The first-order chi connectivity index (χ1) is 15.0. The molecule has 0 spiro atoms. The van der Waals surface area contributed by atoms with Crippen LogP contribution in [0.1, 0.15) is 46.0 Å². The molecule has 0 bridgehead atoms. The van der Waals surface area contributed by atoms with Crippen molar-refractivity contribution in [3.8, 4) is 0 Å². The minimum Gasteiger partial charge on any atom is -0.476 e. The molecule has 0 aromatic heterocycles. The van der Waals surface area contributed by atoms with Crippen molar-refractivity contribution in [3.05, 3.63) is 35.6 Å². The van der Waals surface area contributed by atoms with Gasteiger partial charge in [0, 0.05) is 6.92 Å². The molecule has 10 heteroatoms. The number of carbonyl (C=O) groups is 2. The lowest BCUT2D eigenvalue weighted by molar-refractivity contribution is -0.299. The first-order valence-electron chi connectivity index (χ1n) is 10.6. The van der Waals surface area contributed by atoms with Gasteiger partial charge in [0.15, 0.2) is 0 Å².